The number of alkyl halides is 3. The van der Waals surface area contributed by atoms with Gasteiger partial charge in [0.25, 0.3) is 0 Å². The Morgan fingerprint density at radius 2 is 1.85 bits per heavy atom. The maximum absolute atomic E-state index is 12.3. The second-order valence-electron chi connectivity index (χ2n) is 7.27. The molecule has 0 unspecified atom stereocenters. The van der Waals surface area contributed by atoms with Gasteiger partial charge in [0.2, 0.25) is 0 Å². The van der Waals surface area contributed by atoms with E-state index in [-0.39, 0.29) is 24.0 Å². The van der Waals surface area contributed by atoms with E-state index in [9.17, 15) is 13.2 Å². The number of hydrogen-bond donors (Lipinski definition) is 2. The van der Waals surface area contributed by atoms with Crippen molar-refractivity contribution in [3.63, 3.8) is 0 Å². The van der Waals surface area contributed by atoms with Gasteiger partial charge in [0.1, 0.15) is 0 Å². The zero-order valence-electron chi connectivity index (χ0n) is 16.9. The van der Waals surface area contributed by atoms with Gasteiger partial charge < -0.3 is 15.5 Å². The van der Waals surface area contributed by atoms with E-state index in [2.05, 4.69) is 27.4 Å². The SMILES string of the molecule is CCNC(=NCCCN(C)CC(F)(F)F)NCCCN1CCC(C)CC1.I. The lowest BCUT2D eigenvalue weighted by Crippen LogP contribution is -2.40. The number of hydrogen-bond acceptors (Lipinski definition) is 3. The Bertz CT molecular complexity index is 399. The lowest BCUT2D eigenvalue weighted by molar-refractivity contribution is -0.143. The van der Waals surface area contributed by atoms with Gasteiger partial charge >= 0.3 is 6.18 Å². The predicted molar refractivity (Wildman–Crippen MR) is 117 cm³/mol. The van der Waals surface area contributed by atoms with Crippen LogP contribution in [0.25, 0.3) is 0 Å². The molecule has 1 rings (SSSR count). The first-order valence-corrected chi connectivity index (χ1v) is 9.80. The Kier molecular flexibility index (Phi) is 14.5. The fourth-order valence-electron chi connectivity index (χ4n) is 3.05. The predicted octanol–water partition coefficient (Wildman–Crippen LogP) is 3.17. The first kappa shape index (κ1) is 26.7. The second-order valence-corrected chi connectivity index (χ2v) is 7.27. The van der Waals surface area contributed by atoms with E-state index in [1.165, 1.54) is 37.9 Å². The molecule has 0 aromatic carbocycles. The largest absolute Gasteiger partial charge is 0.401 e. The minimum absolute atomic E-state index is 0. The minimum Gasteiger partial charge on any atom is -0.357 e. The summed E-state index contributed by atoms with van der Waals surface area (Å²) in [5.74, 6) is 1.60. The van der Waals surface area contributed by atoms with Crippen LogP contribution in [0.15, 0.2) is 4.99 Å². The molecule has 0 spiro atoms. The standard InChI is InChI=1S/C18H36F3N5.HI/c1-4-22-17(23-9-5-11-25(3)15-18(19,20)21)24-10-6-12-26-13-7-16(2)8-14-26;/h16H,4-15H2,1-3H3,(H2,22,23,24);1H. The monoisotopic (exact) mass is 507 g/mol. The molecule has 1 heterocycles. The van der Waals surface area contributed by atoms with Crippen molar-refractivity contribution in [2.24, 2.45) is 10.9 Å². The number of halogens is 4. The molecule has 0 aromatic heterocycles. The van der Waals surface area contributed by atoms with Crippen LogP contribution in [0.1, 0.15) is 39.5 Å². The van der Waals surface area contributed by atoms with Crippen LogP contribution in [0.5, 0.6) is 0 Å². The van der Waals surface area contributed by atoms with Gasteiger partial charge in [0.05, 0.1) is 6.54 Å². The van der Waals surface area contributed by atoms with E-state index < -0.39 is 12.7 Å². The molecule has 0 aliphatic carbocycles. The zero-order valence-corrected chi connectivity index (χ0v) is 19.3. The smallest absolute Gasteiger partial charge is 0.357 e. The Labute approximate surface area is 179 Å². The molecular formula is C18H37F3IN5. The number of guanidine groups is 1. The van der Waals surface area contributed by atoms with Gasteiger partial charge in [0, 0.05) is 19.6 Å². The highest BCUT2D eigenvalue weighted by molar-refractivity contribution is 14.0. The molecule has 162 valence electrons. The maximum Gasteiger partial charge on any atom is 0.401 e. The molecule has 0 saturated carbocycles. The summed E-state index contributed by atoms with van der Waals surface area (Å²) in [5, 5.41) is 6.50. The number of piperidine rings is 1. The van der Waals surface area contributed by atoms with Crippen LogP contribution in [-0.2, 0) is 0 Å². The Morgan fingerprint density at radius 3 is 2.44 bits per heavy atom. The van der Waals surface area contributed by atoms with E-state index in [0.717, 1.165) is 37.9 Å². The fraction of sp³-hybridized carbons (Fsp3) is 0.944. The first-order chi connectivity index (χ1) is 12.3. The van der Waals surface area contributed by atoms with Gasteiger partial charge in [0.15, 0.2) is 5.96 Å². The Morgan fingerprint density at radius 1 is 1.19 bits per heavy atom. The Hall–Kier alpha value is -0.290. The topological polar surface area (TPSA) is 42.9 Å². The summed E-state index contributed by atoms with van der Waals surface area (Å²) in [4.78, 5) is 8.25. The quantitative estimate of drug-likeness (QED) is 0.207. The van der Waals surface area contributed by atoms with Crippen LogP contribution in [0, 0.1) is 5.92 Å². The number of nitrogens with zero attached hydrogens (tertiary/aromatic N) is 3. The molecule has 0 aromatic rings. The molecule has 27 heavy (non-hydrogen) atoms. The number of nitrogens with one attached hydrogen (secondary N) is 2. The molecule has 2 N–H and O–H groups in total. The van der Waals surface area contributed by atoms with Crippen LogP contribution in [0.3, 0.4) is 0 Å². The van der Waals surface area contributed by atoms with E-state index in [4.69, 9.17) is 0 Å². The van der Waals surface area contributed by atoms with E-state index >= 15 is 0 Å². The fourth-order valence-corrected chi connectivity index (χ4v) is 3.05. The number of likely N-dealkylation sites (tertiary alicyclic amines) is 1. The third-order valence-electron chi connectivity index (χ3n) is 4.58. The average Bonchev–Trinajstić information content (AvgIpc) is 2.55. The molecule has 0 radical (unpaired) electrons. The van der Waals surface area contributed by atoms with Crippen molar-refractivity contribution < 1.29 is 13.2 Å². The van der Waals surface area contributed by atoms with Crippen molar-refractivity contribution >= 4 is 29.9 Å². The van der Waals surface area contributed by atoms with E-state index in [1.54, 1.807) is 0 Å². The molecule has 1 saturated heterocycles. The second kappa shape index (κ2) is 14.7. The summed E-state index contributed by atoms with van der Waals surface area (Å²) < 4.78 is 36.8. The van der Waals surface area contributed by atoms with Crippen LogP contribution in [-0.4, -0.2) is 81.3 Å². The number of rotatable bonds is 10. The summed E-state index contributed by atoms with van der Waals surface area (Å²) in [7, 11) is 1.49. The zero-order chi connectivity index (χ0) is 19.4. The maximum atomic E-state index is 12.3. The summed E-state index contributed by atoms with van der Waals surface area (Å²) in [6.07, 6.45) is 0.115. The highest BCUT2D eigenvalue weighted by atomic mass is 127. The van der Waals surface area contributed by atoms with Gasteiger partial charge in [-0.25, -0.2) is 0 Å². The van der Waals surface area contributed by atoms with E-state index in [0.29, 0.717) is 19.5 Å². The lowest BCUT2D eigenvalue weighted by Gasteiger charge is -2.30. The normalized spacial score (nSPS) is 17.1. The van der Waals surface area contributed by atoms with Crippen molar-refractivity contribution in [2.75, 3.05) is 59.4 Å². The first-order valence-electron chi connectivity index (χ1n) is 9.80. The van der Waals surface area contributed by atoms with Gasteiger partial charge in [-0.05, 0) is 71.8 Å². The molecule has 5 nitrogen and oxygen atoms in total. The Balaban J connectivity index is 0.00000676. The summed E-state index contributed by atoms with van der Waals surface area (Å²) >= 11 is 0. The highest BCUT2D eigenvalue weighted by Crippen LogP contribution is 2.16. The van der Waals surface area contributed by atoms with Gasteiger partial charge in [-0.1, -0.05) is 6.92 Å². The van der Waals surface area contributed by atoms with Gasteiger partial charge in [-0.2, -0.15) is 13.2 Å². The van der Waals surface area contributed by atoms with Crippen molar-refractivity contribution in [1.29, 1.82) is 0 Å². The number of aliphatic imine (C=N–C) groups is 1. The highest BCUT2D eigenvalue weighted by Gasteiger charge is 2.28. The minimum atomic E-state index is -4.14. The van der Waals surface area contributed by atoms with Crippen molar-refractivity contribution in [3.8, 4) is 0 Å². The third kappa shape index (κ3) is 14.4. The summed E-state index contributed by atoms with van der Waals surface area (Å²) in [6.45, 7) is 9.46. The van der Waals surface area contributed by atoms with Crippen molar-refractivity contribution in [3.05, 3.63) is 0 Å². The molecule has 1 fully saturated rings. The summed E-state index contributed by atoms with van der Waals surface area (Å²) in [5.41, 5.74) is 0. The van der Waals surface area contributed by atoms with Crippen molar-refractivity contribution in [2.45, 2.75) is 45.7 Å². The van der Waals surface area contributed by atoms with Crippen molar-refractivity contribution in [1.82, 2.24) is 20.4 Å². The van der Waals surface area contributed by atoms with Crippen LogP contribution in [0.2, 0.25) is 0 Å². The molecule has 0 atom stereocenters. The van der Waals surface area contributed by atoms with Gasteiger partial charge in [-0.15, -0.1) is 24.0 Å². The van der Waals surface area contributed by atoms with E-state index in [1.807, 2.05) is 6.92 Å². The molecule has 1 aliphatic rings. The molecule has 9 heteroatoms. The molecule has 0 amide bonds. The molecular weight excluding hydrogens is 470 g/mol. The van der Waals surface area contributed by atoms with Crippen LogP contribution >= 0.6 is 24.0 Å². The molecule has 1 aliphatic heterocycles. The third-order valence-corrected chi connectivity index (χ3v) is 4.58. The lowest BCUT2D eigenvalue weighted by atomic mass is 9.99. The van der Waals surface area contributed by atoms with Crippen LogP contribution < -0.4 is 10.6 Å². The van der Waals surface area contributed by atoms with Crippen LogP contribution in [0.4, 0.5) is 13.2 Å². The molecule has 0 bridgehead atoms. The summed E-state index contributed by atoms with van der Waals surface area (Å²) in [6, 6.07) is 0. The average molecular weight is 507 g/mol. The van der Waals surface area contributed by atoms with Gasteiger partial charge in [-0.3, -0.25) is 9.89 Å².